The molecule has 1 aromatic carbocycles. The first-order valence-electron chi connectivity index (χ1n) is 8.28. The predicted molar refractivity (Wildman–Crippen MR) is 93.7 cm³/mol. The summed E-state index contributed by atoms with van der Waals surface area (Å²) < 4.78 is 0. The van der Waals surface area contributed by atoms with Crippen LogP contribution in [0.1, 0.15) is 52.0 Å². The van der Waals surface area contributed by atoms with E-state index in [1.165, 1.54) is 36.2 Å². The third-order valence-electron chi connectivity index (χ3n) is 5.62. The number of piperidine rings is 1. The Hall–Kier alpha value is -0.890. The minimum atomic E-state index is 0.100. The third-order valence-corrected chi connectivity index (χ3v) is 6.27. The molecule has 0 spiro atoms. The van der Waals surface area contributed by atoms with Crippen molar-refractivity contribution in [1.29, 1.82) is 0 Å². The zero-order valence-corrected chi connectivity index (χ0v) is 14.4. The third kappa shape index (κ3) is 2.63. The topological polar surface area (TPSA) is 3.24 Å². The van der Waals surface area contributed by atoms with Gasteiger partial charge in [-0.2, -0.15) is 0 Å². The zero-order valence-electron chi connectivity index (χ0n) is 13.6. The lowest BCUT2D eigenvalue weighted by molar-refractivity contribution is 0.193. The van der Waals surface area contributed by atoms with Crippen molar-refractivity contribution in [3.8, 4) is 0 Å². The van der Waals surface area contributed by atoms with Gasteiger partial charge in [0.1, 0.15) is 0 Å². The molecule has 0 radical (unpaired) electrons. The monoisotopic (exact) mass is 301 g/mol. The molecular formula is C19H27NS. The summed E-state index contributed by atoms with van der Waals surface area (Å²) in [7, 11) is 0. The summed E-state index contributed by atoms with van der Waals surface area (Å²) in [6, 6.07) is 11.0. The molecule has 2 fully saturated rings. The highest BCUT2D eigenvalue weighted by Gasteiger charge is 2.47. The number of fused-ring (bicyclic) bond motifs is 2. The van der Waals surface area contributed by atoms with E-state index in [0.29, 0.717) is 5.41 Å². The Labute approximate surface area is 134 Å². The fraction of sp³-hybridized carbons (Fsp3) is 0.632. The highest BCUT2D eigenvalue weighted by atomic mass is 32.1. The Morgan fingerprint density at radius 1 is 1.14 bits per heavy atom. The molecule has 0 aromatic heterocycles. The van der Waals surface area contributed by atoms with Crippen LogP contribution in [0.4, 0.5) is 0 Å². The fourth-order valence-electron chi connectivity index (χ4n) is 4.20. The van der Waals surface area contributed by atoms with Crippen molar-refractivity contribution in [3.05, 3.63) is 35.9 Å². The van der Waals surface area contributed by atoms with E-state index in [1.807, 2.05) is 0 Å². The van der Waals surface area contributed by atoms with Crippen LogP contribution < -0.4 is 0 Å². The molecule has 2 saturated heterocycles. The lowest BCUT2D eigenvalue weighted by Gasteiger charge is -2.44. The lowest BCUT2D eigenvalue weighted by Crippen LogP contribution is -2.49. The molecule has 2 aliphatic heterocycles. The second-order valence-corrected chi connectivity index (χ2v) is 8.29. The highest BCUT2D eigenvalue weighted by molar-refractivity contribution is 7.80. The van der Waals surface area contributed by atoms with E-state index in [9.17, 15) is 0 Å². The average molecular weight is 301 g/mol. The first kappa shape index (κ1) is 15.0. The summed E-state index contributed by atoms with van der Waals surface area (Å²) in [5.41, 5.74) is 1.90. The second-order valence-electron chi connectivity index (χ2n) is 7.90. The predicted octanol–water partition coefficient (Wildman–Crippen LogP) is 4.80. The van der Waals surface area contributed by atoms with Gasteiger partial charge in [-0.25, -0.2) is 0 Å². The smallest absolute Gasteiger partial charge is 0.0886 e. The van der Waals surface area contributed by atoms with Crippen molar-refractivity contribution in [2.75, 3.05) is 13.1 Å². The Bertz CT molecular complexity index is 516. The SMILES string of the molecule is CC(C)(C)[C@@H]1CCN2CCC[C@](c3ccccc3)(C1)C2=S. The molecule has 0 saturated carbocycles. The van der Waals surface area contributed by atoms with E-state index in [-0.39, 0.29) is 5.41 Å². The van der Waals surface area contributed by atoms with Crippen LogP contribution in [0.15, 0.2) is 30.3 Å². The zero-order chi connectivity index (χ0) is 15.1. The van der Waals surface area contributed by atoms with Crippen LogP contribution in [0.5, 0.6) is 0 Å². The van der Waals surface area contributed by atoms with Crippen molar-refractivity contribution in [1.82, 2.24) is 4.90 Å². The molecule has 2 aliphatic rings. The quantitative estimate of drug-likeness (QED) is 0.685. The largest absolute Gasteiger partial charge is 0.365 e. The van der Waals surface area contributed by atoms with Gasteiger partial charge < -0.3 is 4.90 Å². The first-order valence-corrected chi connectivity index (χ1v) is 8.69. The van der Waals surface area contributed by atoms with Gasteiger partial charge in [0.05, 0.1) is 4.99 Å². The summed E-state index contributed by atoms with van der Waals surface area (Å²) in [5.74, 6) is 0.735. The standard InChI is InChI=1S/C19H27NS/c1-18(2,3)16-10-13-20-12-7-11-19(14-16,17(20)21)15-8-5-4-6-9-15/h4-6,8-9,16H,7,10-14H2,1-3H3/t16-,19-/m1/s1. The van der Waals surface area contributed by atoms with E-state index < -0.39 is 0 Å². The van der Waals surface area contributed by atoms with E-state index >= 15 is 0 Å². The maximum absolute atomic E-state index is 5.98. The van der Waals surface area contributed by atoms with Gasteiger partial charge in [-0.1, -0.05) is 63.3 Å². The number of thiocarbonyl (C=S) groups is 1. The van der Waals surface area contributed by atoms with E-state index in [1.54, 1.807) is 0 Å². The Balaban J connectivity index is 2.06. The second kappa shape index (κ2) is 5.39. The van der Waals surface area contributed by atoms with Crippen LogP contribution in [0, 0.1) is 11.3 Å². The molecule has 2 atom stereocenters. The Morgan fingerprint density at radius 3 is 2.52 bits per heavy atom. The maximum Gasteiger partial charge on any atom is 0.0886 e. The van der Waals surface area contributed by atoms with E-state index in [2.05, 4.69) is 56.0 Å². The van der Waals surface area contributed by atoms with Crippen LogP contribution in [-0.4, -0.2) is 23.0 Å². The van der Waals surface area contributed by atoms with Gasteiger partial charge in [-0.05, 0) is 42.6 Å². The van der Waals surface area contributed by atoms with Gasteiger partial charge in [-0.15, -0.1) is 0 Å². The molecule has 1 aromatic rings. The van der Waals surface area contributed by atoms with Gasteiger partial charge in [-0.3, -0.25) is 0 Å². The van der Waals surface area contributed by atoms with Crippen molar-refractivity contribution >= 4 is 17.2 Å². The van der Waals surface area contributed by atoms with E-state index in [4.69, 9.17) is 12.2 Å². The normalized spacial score (nSPS) is 30.1. The van der Waals surface area contributed by atoms with Crippen LogP contribution in [0.2, 0.25) is 0 Å². The minimum absolute atomic E-state index is 0.100. The van der Waals surface area contributed by atoms with E-state index in [0.717, 1.165) is 19.0 Å². The molecule has 114 valence electrons. The van der Waals surface area contributed by atoms with Crippen LogP contribution in [0.25, 0.3) is 0 Å². The van der Waals surface area contributed by atoms with Crippen molar-refractivity contribution < 1.29 is 0 Å². The minimum Gasteiger partial charge on any atom is -0.365 e. The van der Waals surface area contributed by atoms with Crippen molar-refractivity contribution in [2.45, 2.75) is 51.9 Å². The lowest BCUT2D eigenvalue weighted by atomic mass is 9.65. The first-order chi connectivity index (χ1) is 9.93. The van der Waals surface area contributed by atoms with Gasteiger partial charge >= 0.3 is 0 Å². The van der Waals surface area contributed by atoms with Crippen molar-refractivity contribution in [3.63, 3.8) is 0 Å². The molecule has 0 amide bonds. The highest BCUT2D eigenvalue weighted by Crippen LogP contribution is 2.48. The fourth-order valence-corrected chi connectivity index (χ4v) is 4.69. The summed E-state index contributed by atoms with van der Waals surface area (Å²) in [5, 5.41) is 0. The molecule has 0 unspecified atom stereocenters. The Morgan fingerprint density at radius 2 is 1.86 bits per heavy atom. The molecule has 21 heavy (non-hydrogen) atoms. The molecule has 1 nitrogen and oxygen atoms in total. The van der Waals surface area contributed by atoms with Gasteiger partial charge in [0, 0.05) is 18.5 Å². The van der Waals surface area contributed by atoms with Crippen molar-refractivity contribution in [2.24, 2.45) is 11.3 Å². The average Bonchev–Trinajstić information content (AvgIpc) is 2.54. The van der Waals surface area contributed by atoms with Gasteiger partial charge in [0.25, 0.3) is 0 Å². The number of nitrogens with zero attached hydrogens (tertiary/aromatic N) is 1. The molecule has 2 heteroatoms. The molecule has 2 heterocycles. The van der Waals surface area contributed by atoms with Crippen LogP contribution in [-0.2, 0) is 5.41 Å². The Kier molecular flexibility index (Phi) is 3.85. The van der Waals surface area contributed by atoms with Crippen LogP contribution in [0.3, 0.4) is 0 Å². The summed E-state index contributed by atoms with van der Waals surface area (Å²) in [6.07, 6.45) is 4.99. The van der Waals surface area contributed by atoms with Gasteiger partial charge in [0.15, 0.2) is 0 Å². The number of hydrogen-bond donors (Lipinski definition) is 0. The number of rotatable bonds is 1. The molecule has 0 aliphatic carbocycles. The summed E-state index contributed by atoms with van der Waals surface area (Å²) in [4.78, 5) is 3.71. The van der Waals surface area contributed by atoms with Crippen LogP contribution >= 0.6 is 12.2 Å². The molecule has 0 N–H and O–H groups in total. The molecular weight excluding hydrogens is 274 g/mol. The summed E-state index contributed by atoms with van der Waals surface area (Å²) >= 11 is 5.98. The molecule has 3 rings (SSSR count). The number of benzene rings is 1. The number of hydrogen-bond acceptors (Lipinski definition) is 1. The maximum atomic E-state index is 5.98. The summed E-state index contributed by atoms with van der Waals surface area (Å²) in [6.45, 7) is 9.48. The molecule has 2 bridgehead atoms. The van der Waals surface area contributed by atoms with Gasteiger partial charge in [0.2, 0.25) is 0 Å².